The molecule has 6 heteroatoms. The van der Waals surface area contributed by atoms with E-state index in [1.807, 2.05) is 12.1 Å². The first-order chi connectivity index (χ1) is 15.1. The SMILES string of the molecule is CC(C)Sc1nc2c(N)nc3ccccc3c2n1Cc1ccc(CN2CCCC2)cc1. The van der Waals surface area contributed by atoms with Gasteiger partial charge in [-0.15, -0.1) is 0 Å². The molecule has 2 N–H and O–H groups in total. The smallest absolute Gasteiger partial charge is 0.169 e. The van der Waals surface area contributed by atoms with Gasteiger partial charge in [-0.05, 0) is 43.1 Å². The van der Waals surface area contributed by atoms with Gasteiger partial charge in [0.25, 0.3) is 0 Å². The number of rotatable bonds is 6. The Balaban J connectivity index is 1.54. The van der Waals surface area contributed by atoms with Crippen LogP contribution in [-0.2, 0) is 13.1 Å². The molecule has 1 fully saturated rings. The van der Waals surface area contributed by atoms with Gasteiger partial charge in [-0.2, -0.15) is 0 Å². The van der Waals surface area contributed by atoms with Crippen LogP contribution in [-0.4, -0.2) is 37.8 Å². The van der Waals surface area contributed by atoms with Crippen molar-refractivity contribution in [2.45, 2.75) is 50.2 Å². The summed E-state index contributed by atoms with van der Waals surface area (Å²) < 4.78 is 2.32. The molecule has 0 atom stereocenters. The van der Waals surface area contributed by atoms with Crippen molar-refractivity contribution in [2.75, 3.05) is 18.8 Å². The van der Waals surface area contributed by atoms with E-state index in [2.05, 4.69) is 64.7 Å². The second-order valence-electron chi connectivity index (χ2n) is 8.66. The number of benzene rings is 2. The lowest BCUT2D eigenvalue weighted by Gasteiger charge is -2.15. The molecule has 0 spiro atoms. The van der Waals surface area contributed by atoms with Gasteiger partial charge in [0.1, 0.15) is 5.52 Å². The lowest BCUT2D eigenvalue weighted by atomic mass is 10.1. The number of likely N-dealkylation sites (tertiary alicyclic amines) is 1. The second kappa shape index (κ2) is 8.52. The van der Waals surface area contributed by atoms with Gasteiger partial charge in [0, 0.05) is 17.2 Å². The molecule has 2 aromatic carbocycles. The zero-order chi connectivity index (χ0) is 21.4. The van der Waals surface area contributed by atoms with E-state index in [1.165, 1.54) is 37.1 Å². The molecular weight excluding hydrogens is 402 g/mol. The number of para-hydroxylation sites is 1. The van der Waals surface area contributed by atoms with Crippen molar-refractivity contribution >= 4 is 39.5 Å². The molecule has 4 aromatic rings. The minimum Gasteiger partial charge on any atom is -0.382 e. The Hall–Kier alpha value is -2.57. The molecule has 0 unspecified atom stereocenters. The van der Waals surface area contributed by atoms with Crippen molar-refractivity contribution in [1.29, 1.82) is 0 Å². The van der Waals surface area contributed by atoms with E-state index >= 15 is 0 Å². The van der Waals surface area contributed by atoms with Gasteiger partial charge in [-0.3, -0.25) is 4.90 Å². The molecule has 0 saturated carbocycles. The predicted molar refractivity (Wildman–Crippen MR) is 130 cm³/mol. The van der Waals surface area contributed by atoms with Gasteiger partial charge in [0.15, 0.2) is 11.0 Å². The summed E-state index contributed by atoms with van der Waals surface area (Å²) in [5.41, 5.74) is 11.8. The zero-order valence-electron chi connectivity index (χ0n) is 18.2. The molecule has 3 heterocycles. The average molecular weight is 432 g/mol. The van der Waals surface area contributed by atoms with Crippen LogP contribution in [0.3, 0.4) is 0 Å². The molecule has 1 aliphatic heterocycles. The zero-order valence-corrected chi connectivity index (χ0v) is 19.0. The van der Waals surface area contributed by atoms with Crippen LogP contribution in [0, 0.1) is 0 Å². The van der Waals surface area contributed by atoms with Crippen LogP contribution >= 0.6 is 11.8 Å². The third-order valence-corrected chi connectivity index (χ3v) is 6.88. The molecule has 160 valence electrons. The second-order valence-corrected chi connectivity index (χ2v) is 10.2. The minimum absolute atomic E-state index is 0.429. The molecule has 0 radical (unpaired) electrons. The first-order valence-corrected chi connectivity index (χ1v) is 12.0. The van der Waals surface area contributed by atoms with E-state index in [1.54, 1.807) is 11.8 Å². The number of thioether (sulfide) groups is 1. The summed E-state index contributed by atoms with van der Waals surface area (Å²) in [6.07, 6.45) is 2.65. The van der Waals surface area contributed by atoms with Crippen molar-refractivity contribution < 1.29 is 0 Å². The first kappa shape index (κ1) is 20.3. The summed E-state index contributed by atoms with van der Waals surface area (Å²) in [5.74, 6) is 0.499. The molecule has 1 saturated heterocycles. The maximum absolute atomic E-state index is 6.33. The van der Waals surface area contributed by atoms with Crippen LogP contribution in [0.25, 0.3) is 21.9 Å². The number of nitrogens with zero attached hydrogens (tertiary/aromatic N) is 4. The average Bonchev–Trinajstić information content (AvgIpc) is 3.38. The number of hydrogen-bond donors (Lipinski definition) is 1. The largest absolute Gasteiger partial charge is 0.382 e. The van der Waals surface area contributed by atoms with E-state index in [0.717, 1.165) is 40.2 Å². The summed E-state index contributed by atoms with van der Waals surface area (Å²) in [6, 6.07) is 17.3. The van der Waals surface area contributed by atoms with Crippen LogP contribution < -0.4 is 5.73 Å². The Labute approximate surface area is 187 Å². The van der Waals surface area contributed by atoms with Crippen LogP contribution in [0.5, 0.6) is 0 Å². The standard InChI is InChI=1S/C25H29N5S/c1-17(2)31-25-28-22-23(20-7-3-4-8-21(20)27-24(22)26)30(25)16-19-11-9-18(10-12-19)15-29-13-5-6-14-29/h3-4,7-12,17H,5-6,13-16H2,1-2H3,(H2,26,27). The molecule has 5 rings (SSSR count). The number of hydrogen-bond acceptors (Lipinski definition) is 5. The molecule has 2 aromatic heterocycles. The Morgan fingerprint density at radius 2 is 1.61 bits per heavy atom. The highest BCUT2D eigenvalue weighted by molar-refractivity contribution is 7.99. The molecule has 1 aliphatic rings. The number of nitrogen functional groups attached to an aromatic ring is 1. The monoisotopic (exact) mass is 431 g/mol. The third-order valence-electron chi connectivity index (χ3n) is 5.88. The molecule has 0 aliphatic carbocycles. The van der Waals surface area contributed by atoms with Crippen molar-refractivity contribution in [3.05, 3.63) is 59.7 Å². The first-order valence-electron chi connectivity index (χ1n) is 11.1. The number of imidazole rings is 1. The van der Waals surface area contributed by atoms with Gasteiger partial charge < -0.3 is 10.3 Å². The fourth-order valence-electron chi connectivity index (χ4n) is 4.42. The summed E-state index contributed by atoms with van der Waals surface area (Å²) in [7, 11) is 0. The third kappa shape index (κ3) is 4.14. The van der Waals surface area contributed by atoms with Crippen LogP contribution in [0.4, 0.5) is 5.82 Å². The predicted octanol–water partition coefficient (Wildman–Crippen LogP) is 5.31. The molecule has 31 heavy (non-hydrogen) atoms. The van der Waals surface area contributed by atoms with Gasteiger partial charge in [0.05, 0.1) is 17.6 Å². The molecule has 0 amide bonds. The van der Waals surface area contributed by atoms with Crippen LogP contribution in [0.15, 0.2) is 53.7 Å². The summed E-state index contributed by atoms with van der Waals surface area (Å²) >= 11 is 1.77. The van der Waals surface area contributed by atoms with E-state index in [4.69, 9.17) is 10.7 Å². The maximum Gasteiger partial charge on any atom is 0.169 e. The molecular formula is C25H29N5S. The Morgan fingerprint density at radius 1 is 0.935 bits per heavy atom. The highest BCUT2D eigenvalue weighted by Crippen LogP contribution is 2.34. The fourth-order valence-corrected chi connectivity index (χ4v) is 5.27. The topological polar surface area (TPSA) is 60.0 Å². The minimum atomic E-state index is 0.429. The lowest BCUT2D eigenvalue weighted by molar-refractivity contribution is 0.331. The summed E-state index contributed by atoms with van der Waals surface area (Å²) in [6.45, 7) is 8.66. The quantitative estimate of drug-likeness (QED) is 0.419. The van der Waals surface area contributed by atoms with E-state index in [9.17, 15) is 0 Å². The van der Waals surface area contributed by atoms with Crippen LogP contribution in [0.2, 0.25) is 0 Å². The number of pyridine rings is 1. The Kier molecular flexibility index (Phi) is 5.59. The van der Waals surface area contributed by atoms with E-state index < -0.39 is 0 Å². The number of nitrogens with two attached hydrogens (primary N) is 1. The fraction of sp³-hybridized carbons (Fsp3) is 0.360. The Bertz CT molecular complexity index is 1210. The number of aromatic nitrogens is 3. The summed E-state index contributed by atoms with van der Waals surface area (Å²) in [4.78, 5) is 12.0. The Morgan fingerprint density at radius 3 is 2.32 bits per heavy atom. The van der Waals surface area contributed by atoms with E-state index in [0.29, 0.717) is 11.1 Å². The van der Waals surface area contributed by atoms with Crippen molar-refractivity contribution in [1.82, 2.24) is 19.4 Å². The number of anilines is 1. The lowest BCUT2D eigenvalue weighted by Crippen LogP contribution is -2.18. The van der Waals surface area contributed by atoms with Crippen molar-refractivity contribution in [3.63, 3.8) is 0 Å². The van der Waals surface area contributed by atoms with E-state index in [-0.39, 0.29) is 0 Å². The highest BCUT2D eigenvalue weighted by Gasteiger charge is 2.19. The number of fused-ring (bicyclic) bond motifs is 3. The van der Waals surface area contributed by atoms with Crippen molar-refractivity contribution in [3.8, 4) is 0 Å². The normalized spacial score (nSPS) is 14.9. The van der Waals surface area contributed by atoms with Crippen LogP contribution in [0.1, 0.15) is 37.8 Å². The highest BCUT2D eigenvalue weighted by atomic mass is 32.2. The van der Waals surface area contributed by atoms with Gasteiger partial charge in [0.2, 0.25) is 0 Å². The van der Waals surface area contributed by atoms with Crippen molar-refractivity contribution in [2.24, 2.45) is 0 Å². The summed E-state index contributed by atoms with van der Waals surface area (Å²) in [5, 5.41) is 2.52. The van der Waals surface area contributed by atoms with Gasteiger partial charge in [-0.25, -0.2) is 9.97 Å². The molecule has 0 bridgehead atoms. The van der Waals surface area contributed by atoms with Gasteiger partial charge in [-0.1, -0.05) is 68.1 Å². The molecule has 5 nitrogen and oxygen atoms in total. The maximum atomic E-state index is 6.33. The van der Waals surface area contributed by atoms with Gasteiger partial charge >= 0.3 is 0 Å².